The summed E-state index contributed by atoms with van der Waals surface area (Å²) in [7, 11) is 0. The summed E-state index contributed by atoms with van der Waals surface area (Å²) in [5.74, 6) is 3.26. The lowest BCUT2D eigenvalue weighted by molar-refractivity contribution is 0.256. The van der Waals surface area contributed by atoms with Gasteiger partial charge in [0.15, 0.2) is 0 Å². The number of rotatable bonds is 5. The Hall–Kier alpha value is -0.720. The van der Waals surface area contributed by atoms with Crippen LogP contribution in [0.2, 0.25) is 0 Å². The molecule has 0 saturated heterocycles. The molecule has 1 nitrogen and oxygen atoms in total. The number of nitrogens with zero attached hydrogens (tertiary/aromatic N) is 1. The van der Waals surface area contributed by atoms with E-state index in [-0.39, 0.29) is 0 Å². The van der Waals surface area contributed by atoms with Crippen molar-refractivity contribution >= 4 is 0 Å². The fourth-order valence-corrected chi connectivity index (χ4v) is 3.71. The summed E-state index contributed by atoms with van der Waals surface area (Å²) in [4.78, 5) is 2.65. The quantitative estimate of drug-likeness (QED) is 0.462. The van der Waals surface area contributed by atoms with Crippen LogP contribution < -0.4 is 0 Å². The molecule has 0 N–H and O–H groups in total. The molecule has 0 aliphatic carbocycles. The van der Waals surface area contributed by atoms with Crippen LogP contribution in [0.4, 0.5) is 0 Å². The molecule has 0 fully saturated rings. The van der Waals surface area contributed by atoms with Crippen LogP contribution in [0, 0.1) is 29.6 Å². The fraction of sp³-hybridized carbons (Fsp3) is 0.846. The van der Waals surface area contributed by atoms with Gasteiger partial charge in [0.25, 0.3) is 0 Å². The lowest BCUT2D eigenvalue weighted by atomic mass is 9.76. The summed E-state index contributed by atoms with van der Waals surface area (Å²) in [5, 5.41) is 0. The molecular formula is C26H53N. The topological polar surface area (TPSA) is 3.24 Å². The van der Waals surface area contributed by atoms with Gasteiger partial charge in [-0.3, -0.25) is 0 Å². The zero-order chi connectivity index (χ0) is 22.1. The number of allylic oxidation sites excluding steroid dienone is 3. The summed E-state index contributed by atoms with van der Waals surface area (Å²) in [6.07, 6.45) is 0. The van der Waals surface area contributed by atoms with E-state index in [4.69, 9.17) is 0 Å². The van der Waals surface area contributed by atoms with E-state index in [1.54, 1.807) is 22.4 Å². The van der Waals surface area contributed by atoms with Crippen LogP contribution in [-0.2, 0) is 0 Å². The standard InChI is InChI=1S/C20H37N.C4H10.C2H6/c1-12(2)17-11-21(16(9)10)20(15(7)8)19(14(5)6)18(17)13(3)4;1-4(2)3;1-2/h12-16H,11H2,1-10H3;4H,1-3H3;1-2H3. The summed E-state index contributed by atoms with van der Waals surface area (Å²) in [5.41, 5.74) is 6.53. The SMILES string of the molecule is CC.CC(C)C.CC(C)C1=C(C(C)C)C(C(C)C)=C(C(C)C)N(C(C)C)C1. The van der Waals surface area contributed by atoms with Crippen LogP contribution in [-0.4, -0.2) is 17.5 Å². The Labute approximate surface area is 173 Å². The molecule has 0 bridgehead atoms. The van der Waals surface area contributed by atoms with Crippen LogP contribution in [0.25, 0.3) is 0 Å². The van der Waals surface area contributed by atoms with Crippen LogP contribution in [0.1, 0.15) is 104 Å². The van der Waals surface area contributed by atoms with Gasteiger partial charge in [-0.05, 0) is 60.2 Å². The van der Waals surface area contributed by atoms with E-state index < -0.39 is 0 Å². The number of hydrogen-bond donors (Lipinski definition) is 0. The second-order valence-electron chi connectivity index (χ2n) is 9.81. The molecular weight excluding hydrogens is 326 g/mol. The van der Waals surface area contributed by atoms with Crippen molar-refractivity contribution in [3.05, 3.63) is 22.4 Å². The van der Waals surface area contributed by atoms with Gasteiger partial charge in [-0.25, -0.2) is 0 Å². The third-order valence-corrected chi connectivity index (χ3v) is 4.58. The maximum atomic E-state index is 2.65. The largest absolute Gasteiger partial charge is 0.368 e. The molecule has 1 rings (SSSR count). The van der Waals surface area contributed by atoms with E-state index in [9.17, 15) is 0 Å². The Morgan fingerprint density at radius 2 is 0.926 bits per heavy atom. The fourth-order valence-electron chi connectivity index (χ4n) is 3.71. The highest BCUT2D eigenvalue weighted by molar-refractivity contribution is 5.46. The smallest absolute Gasteiger partial charge is 0.0397 e. The molecule has 0 radical (unpaired) electrons. The number of hydrogen-bond acceptors (Lipinski definition) is 1. The van der Waals surface area contributed by atoms with E-state index in [2.05, 4.69) is 94.9 Å². The maximum Gasteiger partial charge on any atom is 0.0397 e. The predicted octanol–water partition coefficient (Wildman–Crippen LogP) is 8.57. The molecule has 0 aromatic rings. The monoisotopic (exact) mass is 379 g/mol. The lowest BCUT2D eigenvalue weighted by Gasteiger charge is -2.44. The molecule has 0 unspecified atom stereocenters. The van der Waals surface area contributed by atoms with Crippen molar-refractivity contribution < 1.29 is 0 Å². The highest BCUT2D eigenvalue weighted by atomic mass is 15.2. The average molecular weight is 380 g/mol. The molecule has 0 aromatic carbocycles. The van der Waals surface area contributed by atoms with Gasteiger partial charge in [-0.15, -0.1) is 0 Å². The molecule has 1 heteroatoms. The van der Waals surface area contributed by atoms with E-state index >= 15 is 0 Å². The first-order chi connectivity index (χ1) is 12.3. The Kier molecular flexibility index (Phi) is 14.2. The highest BCUT2D eigenvalue weighted by Crippen LogP contribution is 2.42. The predicted molar refractivity (Wildman–Crippen MR) is 127 cm³/mol. The molecule has 27 heavy (non-hydrogen) atoms. The first-order valence-electron chi connectivity index (χ1n) is 11.6. The van der Waals surface area contributed by atoms with Crippen molar-refractivity contribution in [3.8, 4) is 0 Å². The van der Waals surface area contributed by atoms with Gasteiger partial charge in [0, 0.05) is 18.3 Å². The van der Waals surface area contributed by atoms with Gasteiger partial charge in [0.05, 0.1) is 0 Å². The minimum Gasteiger partial charge on any atom is -0.368 e. The van der Waals surface area contributed by atoms with Crippen molar-refractivity contribution in [1.29, 1.82) is 0 Å². The van der Waals surface area contributed by atoms with Gasteiger partial charge in [-0.2, -0.15) is 0 Å². The van der Waals surface area contributed by atoms with Crippen LogP contribution >= 0.6 is 0 Å². The lowest BCUT2D eigenvalue weighted by Crippen LogP contribution is -2.40. The minimum absolute atomic E-state index is 0.568. The maximum absolute atomic E-state index is 2.65. The van der Waals surface area contributed by atoms with E-state index in [1.165, 1.54) is 0 Å². The third-order valence-electron chi connectivity index (χ3n) is 4.58. The molecule has 0 atom stereocenters. The average Bonchev–Trinajstić information content (AvgIpc) is 2.53. The Balaban J connectivity index is 0. The molecule has 0 saturated carbocycles. The van der Waals surface area contributed by atoms with Gasteiger partial charge >= 0.3 is 0 Å². The van der Waals surface area contributed by atoms with Crippen LogP contribution in [0.3, 0.4) is 0 Å². The summed E-state index contributed by atoms with van der Waals surface area (Å²) >= 11 is 0. The molecule has 1 heterocycles. The van der Waals surface area contributed by atoms with Gasteiger partial charge in [0.2, 0.25) is 0 Å². The second kappa shape index (κ2) is 13.5. The molecule has 0 spiro atoms. The molecule has 162 valence electrons. The summed E-state index contributed by atoms with van der Waals surface area (Å²) < 4.78 is 0. The van der Waals surface area contributed by atoms with Crippen molar-refractivity contribution in [3.63, 3.8) is 0 Å². The van der Waals surface area contributed by atoms with Crippen molar-refractivity contribution in [1.82, 2.24) is 4.90 Å². The second-order valence-corrected chi connectivity index (χ2v) is 9.81. The van der Waals surface area contributed by atoms with Crippen molar-refractivity contribution in [2.24, 2.45) is 29.6 Å². The third kappa shape index (κ3) is 8.88. The Morgan fingerprint density at radius 3 is 1.15 bits per heavy atom. The van der Waals surface area contributed by atoms with Gasteiger partial charge in [-0.1, -0.05) is 90.0 Å². The summed E-state index contributed by atoms with van der Waals surface area (Å²) in [6.45, 7) is 35.2. The first-order valence-corrected chi connectivity index (χ1v) is 11.6. The molecule has 0 amide bonds. The Morgan fingerprint density at radius 1 is 0.556 bits per heavy atom. The van der Waals surface area contributed by atoms with Crippen molar-refractivity contribution in [2.75, 3.05) is 6.54 Å². The molecule has 0 aromatic heterocycles. The summed E-state index contributed by atoms with van der Waals surface area (Å²) in [6, 6.07) is 0.568. The minimum atomic E-state index is 0.568. The zero-order valence-electron chi connectivity index (χ0n) is 21.6. The Bertz CT molecular complexity index is 456. The van der Waals surface area contributed by atoms with Crippen LogP contribution in [0.15, 0.2) is 22.4 Å². The zero-order valence-corrected chi connectivity index (χ0v) is 21.6. The highest BCUT2D eigenvalue weighted by Gasteiger charge is 2.32. The van der Waals surface area contributed by atoms with E-state index in [0.29, 0.717) is 29.7 Å². The van der Waals surface area contributed by atoms with Gasteiger partial charge < -0.3 is 4.90 Å². The molecule has 1 aliphatic rings. The van der Waals surface area contributed by atoms with Crippen molar-refractivity contribution in [2.45, 2.75) is 110 Å². The van der Waals surface area contributed by atoms with E-state index in [0.717, 1.165) is 12.5 Å². The van der Waals surface area contributed by atoms with Gasteiger partial charge in [0.1, 0.15) is 0 Å². The first kappa shape index (κ1) is 28.5. The normalized spacial score (nSPS) is 15.2. The molecule has 1 aliphatic heterocycles. The van der Waals surface area contributed by atoms with E-state index in [1.807, 2.05) is 13.8 Å². The van der Waals surface area contributed by atoms with Crippen LogP contribution in [0.5, 0.6) is 0 Å².